The Balaban J connectivity index is 2.12. The molecule has 1 atom stereocenters. The van der Waals surface area contributed by atoms with Gasteiger partial charge < -0.3 is 10.4 Å². The molecule has 0 fully saturated rings. The van der Waals surface area contributed by atoms with Gasteiger partial charge in [0.25, 0.3) is 0 Å². The van der Waals surface area contributed by atoms with Crippen LogP contribution in [-0.4, -0.2) is 55.6 Å². The molecule has 2 N–H and O–H groups in total. The summed E-state index contributed by atoms with van der Waals surface area (Å²) in [5.74, 6) is 0. The highest BCUT2D eigenvalue weighted by molar-refractivity contribution is 7.90. The van der Waals surface area contributed by atoms with Crippen LogP contribution in [0.5, 0.6) is 0 Å². The minimum Gasteiger partial charge on any atom is -0.395 e. The number of hydrogen-bond acceptors (Lipinski definition) is 4. The fourth-order valence-electron chi connectivity index (χ4n) is 2.38. The fraction of sp³-hybridized carbons (Fsp3) is 0.667. The average Bonchev–Trinajstić information content (AvgIpc) is 2.46. The van der Waals surface area contributed by atoms with E-state index in [2.05, 4.69) is 5.32 Å². The lowest BCUT2D eigenvalue weighted by atomic mass is 9.97. The van der Waals surface area contributed by atoms with E-state index in [1.54, 1.807) is 6.08 Å². The number of aliphatic hydroxyl groups is 1. The second-order valence-corrected chi connectivity index (χ2v) is 6.96. The van der Waals surface area contributed by atoms with Crippen LogP contribution in [0.2, 0.25) is 0 Å². The third-order valence-corrected chi connectivity index (χ3v) is 5.19. The Morgan fingerprint density at radius 3 is 2.57 bits per heavy atom. The van der Waals surface area contributed by atoms with Gasteiger partial charge in [-0.1, -0.05) is 12.2 Å². The molecule has 0 amide bonds. The first-order valence-corrected chi connectivity index (χ1v) is 7.99. The van der Waals surface area contributed by atoms with Gasteiger partial charge in [-0.3, -0.25) is 0 Å². The third kappa shape index (κ3) is 3.47. The van der Waals surface area contributed by atoms with Crippen molar-refractivity contribution in [2.75, 3.05) is 26.2 Å². The number of halogens is 3. The van der Waals surface area contributed by atoms with Gasteiger partial charge in [0.1, 0.15) is 0 Å². The second kappa shape index (κ2) is 6.07. The predicted molar refractivity (Wildman–Crippen MR) is 70.8 cm³/mol. The summed E-state index contributed by atoms with van der Waals surface area (Å²) in [6.45, 7) is -0.0289. The highest BCUT2D eigenvalue weighted by Crippen LogP contribution is 2.30. The van der Waals surface area contributed by atoms with Gasteiger partial charge in [-0.15, -0.1) is 0 Å². The Bertz CT molecular complexity index is 555. The van der Waals surface area contributed by atoms with E-state index in [1.165, 1.54) is 0 Å². The first-order chi connectivity index (χ1) is 9.75. The van der Waals surface area contributed by atoms with Crippen LogP contribution >= 0.6 is 0 Å². The lowest BCUT2D eigenvalue weighted by Gasteiger charge is -2.30. The quantitative estimate of drug-likeness (QED) is 0.803. The summed E-state index contributed by atoms with van der Waals surface area (Å²) in [4.78, 5) is 0. The average molecular weight is 326 g/mol. The first kappa shape index (κ1) is 16.5. The van der Waals surface area contributed by atoms with Crippen LogP contribution in [0, 0.1) is 0 Å². The van der Waals surface area contributed by atoms with Crippen LogP contribution in [0.25, 0.3) is 0 Å². The predicted octanol–water partition coefficient (Wildman–Crippen LogP) is 0.749. The molecule has 5 nitrogen and oxygen atoms in total. The van der Waals surface area contributed by atoms with Crippen molar-refractivity contribution in [2.24, 2.45) is 0 Å². The summed E-state index contributed by atoms with van der Waals surface area (Å²) in [7, 11) is -5.28. The van der Waals surface area contributed by atoms with E-state index in [0.29, 0.717) is 22.8 Å². The molecule has 0 aromatic carbocycles. The SMILES string of the molecule is O=S(=O)(N1CCC=C(C2=CC[C@H](CO)NC2)C1)C(F)(F)F. The zero-order valence-corrected chi connectivity index (χ0v) is 12.0. The van der Waals surface area contributed by atoms with Crippen LogP contribution < -0.4 is 5.32 Å². The smallest absolute Gasteiger partial charge is 0.395 e. The Kier molecular flexibility index (Phi) is 4.76. The summed E-state index contributed by atoms with van der Waals surface area (Å²) in [5.41, 5.74) is -3.88. The summed E-state index contributed by atoms with van der Waals surface area (Å²) >= 11 is 0. The molecule has 0 aromatic rings. The molecule has 120 valence electrons. The number of sulfonamides is 1. The molecule has 0 aliphatic carbocycles. The van der Waals surface area contributed by atoms with Crippen LogP contribution in [0.15, 0.2) is 23.3 Å². The van der Waals surface area contributed by atoms with E-state index < -0.39 is 15.5 Å². The van der Waals surface area contributed by atoms with Gasteiger partial charge in [0.2, 0.25) is 0 Å². The summed E-state index contributed by atoms with van der Waals surface area (Å²) in [5, 5.41) is 12.1. The number of rotatable bonds is 3. The lowest BCUT2D eigenvalue weighted by Crippen LogP contribution is -2.44. The molecule has 2 aliphatic rings. The molecule has 0 unspecified atom stereocenters. The maximum atomic E-state index is 12.6. The normalized spacial score (nSPS) is 25.4. The molecule has 0 saturated carbocycles. The van der Waals surface area contributed by atoms with Crippen LogP contribution in [0.3, 0.4) is 0 Å². The highest BCUT2D eigenvalue weighted by Gasteiger charge is 2.50. The molecule has 2 heterocycles. The van der Waals surface area contributed by atoms with Gasteiger partial charge in [0.05, 0.1) is 6.61 Å². The molecule has 0 saturated heterocycles. The van der Waals surface area contributed by atoms with Crippen molar-refractivity contribution in [3.63, 3.8) is 0 Å². The molecule has 2 rings (SSSR count). The van der Waals surface area contributed by atoms with Crippen molar-refractivity contribution in [2.45, 2.75) is 24.4 Å². The van der Waals surface area contributed by atoms with Crippen LogP contribution in [-0.2, 0) is 10.0 Å². The Morgan fingerprint density at radius 2 is 2.05 bits per heavy atom. The topological polar surface area (TPSA) is 69.6 Å². The van der Waals surface area contributed by atoms with Crippen molar-refractivity contribution in [1.82, 2.24) is 9.62 Å². The number of alkyl halides is 3. The molecule has 0 spiro atoms. The first-order valence-electron chi connectivity index (χ1n) is 6.55. The van der Waals surface area contributed by atoms with Gasteiger partial charge >= 0.3 is 15.5 Å². The fourth-order valence-corrected chi connectivity index (χ4v) is 3.33. The van der Waals surface area contributed by atoms with Crippen molar-refractivity contribution >= 4 is 10.0 Å². The Labute approximate surface area is 121 Å². The summed E-state index contributed by atoms with van der Waals surface area (Å²) < 4.78 is 61.1. The van der Waals surface area contributed by atoms with Gasteiger partial charge in [0, 0.05) is 25.7 Å². The molecular formula is C12H17F3N2O3S. The van der Waals surface area contributed by atoms with E-state index in [4.69, 9.17) is 5.11 Å². The Morgan fingerprint density at radius 1 is 1.33 bits per heavy atom. The monoisotopic (exact) mass is 326 g/mol. The largest absolute Gasteiger partial charge is 0.511 e. The van der Waals surface area contributed by atoms with Gasteiger partial charge in [-0.2, -0.15) is 17.5 Å². The van der Waals surface area contributed by atoms with Crippen molar-refractivity contribution < 1.29 is 26.7 Å². The van der Waals surface area contributed by atoms with Gasteiger partial charge in [0.15, 0.2) is 0 Å². The minimum absolute atomic E-state index is 0.0165. The van der Waals surface area contributed by atoms with E-state index in [-0.39, 0.29) is 32.2 Å². The maximum absolute atomic E-state index is 12.6. The zero-order valence-electron chi connectivity index (χ0n) is 11.2. The summed E-state index contributed by atoms with van der Waals surface area (Å²) in [6.07, 6.45) is 4.43. The van der Waals surface area contributed by atoms with Gasteiger partial charge in [-0.05, 0) is 24.0 Å². The molecule has 21 heavy (non-hydrogen) atoms. The minimum atomic E-state index is -5.28. The number of nitrogens with zero attached hydrogens (tertiary/aromatic N) is 1. The lowest BCUT2D eigenvalue weighted by molar-refractivity contribution is -0.0487. The van der Waals surface area contributed by atoms with E-state index in [1.807, 2.05) is 6.08 Å². The molecule has 9 heteroatoms. The number of hydrogen-bond donors (Lipinski definition) is 2. The van der Waals surface area contributed by atoms with E-state index in [0.717, 1.165) is 5.57 Å². The molecule has 2 aliphatic heterocycles. The standard InChI is InChI=1S/C12H17F3N2O3S/c13-12(14,15)21(19,20)17-5-1-2-10(7-17)9-3-4-11(8-18)16-6-9/h2-3,11,16,18H,1,4-8H2/t11-/m1/s1. The summed E-state index contributed by atoms with van der Waals surface area (Å²) in [6, 6.07) is -0.0621. The van der Waals surface area contributed by atoms with Crippen molar-refractivity contribution in [3.05, 3.63) is 23.3 Å². The van der Waals surface area contributed by atoms with Gasteiger partial charge in [-0.25, -0.2) is 8.42 Å². The van der Waals surface area contributed by atoms with Crippen LogP contribution in [0.1, 0.15) is 12.8 Å². The molecule has 0 bridgehead atoms. The zero-order chi connectivity index (χ0) is 15.7. The number of nitrogens with one attached hydrogen (secondary N) is 1. The Hall–Kier alpha value is -0.900. The van der Waals surface area contributed by atoms with Crippen molar-refractivity contribution in [3.8, 4) is 0 Å². The van der Waals surface area contributed by atoms with E-state index in [9.17, 15) is 21.6 Å². The van der Waals surface area contributed by atoms with E-state index >= 15 is 0 Å². The molecule has 0 aromatic heterocycles. The van der Waals surface area contributed by atoms with Crippen LogP contribution in [0.4, 0.5) is 13.2 Å². The third-order valence-electron chi connectivity index (χ3n) is 3.61. The van der Waals surface area contributed by atoms with Crippen molar-refractivity contribution in [1.29, 1.82) is 0 Å². The second-order valence-electron chi connectivity index (χ2n) is 5.03. The number of aliphatic hydroxyl groups excluding tert-OH is 1. The maximum Gasteiger partial charge on any atom is 0.511 e. The molecule has 0 radical (unpaired) electrons. The highest BCUT2D eigenvalue weighted by atomic mass is 32.2. The molecular weight excluding hydrogens is 309 g/mol.